The predicted octanol–water partition coefficient (Wildman–Crippen LogP) is 2.47. The van der Waals surface area contributed by atoms with Crippen molar-refractivity contribution < 1.29 is 9.59 Å². The molecule has 118 valence electrons. The van der Waals surface area contributed by atoms with Crippen molar-refractivity contribution in [2.45, 2.75) is 76.8 Å². The fourth-order valence-electron chi connectivity index (χ4n) is 4.26. The van der Waals surface area contributed by atoms with Crippen molar-refractivity contribution in [3.63, 3.8) is 0 Å². The van der Waals surface area contributed by atoms with E-state index in [1.165, 1.54) is 25.7 Å². The van der Waals surface area contributed by atoms with E-state index in [1.807, 2.05) is 18.7 Å². The topological polar surface area (TPSA) is 49.4 Å². The van der Waals surface area contributed by atoms with Crippen molar-refractivity contribution in [3.05, 3.63) is 0 Å². The minimum absolute atomic E-state index is 0.0852. The minimum atomic E-state index is -0.606. The van der Waals surface area contributed by atoms with Crippen LogP contribution in [0.1, 0.15) is 65.2 Å². The molecule has 1 atom stereocenters. The van der Waals surface area contributed by atoms with Gasteiger partial charge < -0.3 is 10.2 Å². The van der Waals surface area contributed by atoms with Gasteiger partial charge in [0, 0.05) is 6.54 Å². The maximum absolute atomic E-state index is 13.0. The number of hydrogen-bond donors (Lipinski definition) is 1. The highest BCUT2D eigenvalue weighted by Crippen LogP contribution is 2.39. The second-order valence-corrected chi connectivity index (χ2v) is 7.13. The first-order chi connectivity index (χ1) is 10.1. The van der Waals surface area contributed by atoms with Crippen LogP contribution in [-0.2, 0) is 9.59 Å². The van der Waals surface area contributed by atoms with E-state index < -0.39 is 5.54 Å². The second kappa shape index (κ2) is 5.62. The van der Waals surface area contributed by atoms with Gasteiger partial charge in [-0.15, -0.1) is 0 Å². The Balaban J connectivity index is 1.86. The van der Waals surface area contributed by atoms with Crippen LogP contribution in [0.4, 0.5) is 0 Å². The number of hydrogen-bond acceptors (Lipinski definition) is 2. The number of nitrogens with one attached hydrogen (secondary N) is 1. The van der Waals surface area contributed by atoms with E-state index in [2.05, 4.69) is 5.32 Å². The summed E-state index contributed by atoms with van der Waals surface area (Å²) in [5.74, 6) is 1.26. The molecule has 0 spiro atoms. The molecule has 0 aromatic rings. The molecule has 1 N–H and O–H groups in total. The molecule has 21 heavy (non-hydrogen) atoms. The molecule has 1 saturated heterocycles. The highest BCUT2D eigenvalue weighted by molar-refractivity contribution is 6.00. The van der Waals surface area contributed by atoms with Crippen molar-refractivity contribution in [2.75, 3.05) is 6.54 Å². The lowest BCUT2D eigenvalue weighted by Crippen LogP contribution is -2.71. The lowest BCUT2D eigenvalue weighted by Gasteiger charge is -2.48. The Bertz CT molecular complexity index is 421. The summed E-state index contributed by atoms with van der Waals surface area (Å²) in [5, 5.41) is 3.05. The summed E-state index contributed by atoms with van der Waals surface area (Å²) >= 11 is 0. The van der Waals surface area contributed by atoms with Gasteiger partial charge in [0.25, 0.3) is 0 Å². The third kappa shape index (κ3) is 2.47. The van der Waals surface area contributed by atoms with E-state index in [1.54, 1.807) is 0 Å². The third-order valence-corrected chi connectivity index (χ3v) is 5.94. The first-order valence-electron chi connectivity index (χ1n) is 8.74. The van der Waals surface area contributed by atoms with Crippen LogP contribution in [0.5, 0.6) is 0 Å². The summed E-state index contributed by atoms with van der Waals surface area (Å²) in [6.07, 6.45) is 8.56. The molecule has 3 fully saturated rings. The molecule has 1 aliphatic heterocycles. The lowest BCUT2D eigenvalue weighted by atomic mass is 9.84. The van der Waals surface area contributed by atoms with Crippen LogP contribution in [-0.4, -0.2) is 34.8 Å². The highest BCUT2D eigenvalue weighted by Gasteiger charge is 2.53. The standard InChI is InChI=1S/C17H28N2O2/c1-3-17(4-2)16(21)18-14(13-9-10-13)15(20)19(17)11-12-7-5-6-8-12/h12-14H,3-11H2,1-2H3,(H,18,21). The van der Waals surface area contributed by atoms with Crippen molar-refractivity contribution in [1.82, 2.24) is 10.2 Å². The van der Waals surface area contributed by atoms with Crippen LogP contribution >= 0.6 is 0 Å². The zero-order valence-corrected chi connectivity index (χ0v) is 13.4. The van der Waals surface area contributed by atoms with Gasteiger partial charge in [0.15, 0.2) is 0 Å². The fraction of sp³-hybridized carbons (Fsp3) is 0.882. The van der Waals surface area contributed by atoms with Crippen molar-refractivity contribution >= 4 is 11.8 Å². The van der Waals surface area contributed by atoms with E-state index in [0.29, 0.717) is 24.7 Å². The van der Waals surface area contributed by atoms with Crippen molar-refractivity contribution in [1.29, 1.82) is 0 Å². The zero-order chi connectivity index (χ0) is 15.0. The van der Waals surface area contributed by atoms with Crippen molar-refractivity contribution in [3.8, 4) is 0 Å². The molecular weight excluding hydrogens is 264 g/mol. The van der Waals surface area contributed by atoms with Crippen LogP contribution in [0, 0.1) is 11.8 Å². The Labute approximate surface area is 127 Å². The van der Waals surface area contributed by atoms with Crippen LogP contribution in [0.15, 0.2) is 0 Å². The van der Waals surface area contributed by atoms with Gasteiger partial charge in [0.05, 0.1) is 0 Å². The fourth-order valence-corrected chi connectivity index (χ4v) is 4.26. The van der Waals surface area contributed by atoms with Crippen LogP contribution in [0.2, 0.25) is 0 Å². The molecule has 4 nitrogen and oxygen atoms in total. The van der Waals surface area contributed by atoms with E-state index in [9.17, 15) is 9.59 Å². The van der Waals surface area contributed by atoms with E-state index in [-0.39, 0.29) is 17.9 Å². The maximum atomic E-state index is 13.0. The molecule has 0 aromatic heterocycles. The number of piperazine rings is 1. The van der Waals surface area contributed by atoms with Gasteiger partial charge in [-0.05, 0) is 50.4 Å². The predicted molar refractivity (Wildman–Crippen MR) is 81.6 cm³/mol. The summed E-state index contributed by atoms with van der Waals surface area (Å²) in [4.78, 5) is 27.7. The maximum Gasteiger partial charge on any atom is 0.246 e. The Hall–Kier alpha value is -1.06. The summed E-state index contributed by atoms with van der Waals surface area (Å²) in [6, 6.07) is -0.245. The van der Waals surface area contributed by atoms with Gasteiger partial charge in [0.2, 0.25) is 11.8 Å². The molecule has 0 bridgehead atoms. The van der Waals surface area contributed by atoms with Crippen molar-refractivity contribution in [2.24, 2.45) is 11.8 Å². The molecule has 3 aliphatic rings. The summed E-state index contributed by atoms with van der Waals surface area (Å²) < 4.78 is 0. The second-order valence-electron chi connectivity index (χ2n) is 7.13. The van der Waals surface area contributed by atoms with Crippen LogP contribution in [0.3, 0.4) is 0 Å². The molecular formula is C17H28N2O2. The van der Waals surface area contributed by atoms with E-state index >= 15 is 0 Å². The average Bonchev–Trinajstić information content (AvgIpc) is 3.20. The number of nitrogens with zero attached hydrogens (tertiary/aromatic N) is 1. The number of amides is 2. The number of carbonyl (C=O) groups excluding carboxylic acids is 2. The normalized spacial score (nSPS) is 29.8. The number of carbonyl (C=O) groups is 2. The molecule has 3 rings (SSSR count). The molecule has 0 aromatic carbocycles. The van der Waals surface area contributed by atoms with Gasteiger partial charge in [-0.25, -0.2) is 0 Å². The third-order valence-electron chi connectivity index (χ3n) is 5.94. The summed E-state index contributed by atoms with van der Waals surface area (Å²) in [5.41, 5.74) is -0.606. The quantitative estimate of drug-likeness (QED) is 0.846. The van der Waals surface area contributed by atoms with Gasteiger partial charge in [0.1, 0.15) is 11.6 Å². The first kappa shape index (κ1) is 14.9. The molecule has 2 aliphatic carbocycles. The average molecular weight is 292 g/mol. The molecule has 4 heteroatoms. The lowest BCUT2D eigenvalue weighted by molar-refractivity contribution is -0.160. The molecule has 1 heterocycles. The van der Waals surface area contributed by atoms with Gasteiger partial charge in [-0.2, -0.15) is 0 Å². The molecule has 2 saturated carbocycles. The zero-order valence-electron chi connectivity index (χ0n) is 13.4. The summed E-state index contributed by atoms with van der Waals surface area (Å²) in [7, 11) is 0. The molecule has 0 radical (unpaired) electrons. The summed E-state index contributed by atoms with van der Waals surface area (Å²) in [6.45, 7) is 4.86. The Morgan fingerprint density at radius 2 is 1.71 bits per heavy atom. The van der Waals surface area contributed by atoms with Gasteiger partial charge in [-0.3, -0.25) is 9.59 Å². The van der Waals surface area contributed by atoms with Crippen LogP contribution in [0.25, 0.3) is 0 Å². The van der Waals surface area contributed by atoms with E-state index in [4.69, 9.17) is 0 Å². The first-order valence-corrected chi connectivity index (χ1v) is 8.74. The Kier molecular flexibility index (Phi) is 3.98. The van der Waals surface area contributed by atoms with Gasteiger partial charge in [-0.1, -0.05) is 26.7 Å². The minimum Gasteiger partial charge on any atom is -0.342 e. The monoisotopic (exact) mass is 292 g/mol. The largest absolute Gasteiger partial charge is 0.342 e. The number of rotatable bonds is 5. The van der Waals surface area contributed by atoms with E-state index in [0.717, 1.165) is 19.4 Å². The Morgan fingerprint density at radius 1 is 1.10 bits per heavy atom. The smallest absolute Gasteiger partial charge is 0.246 e. The highest BCUT2D eigenvalue weighted by atomic mass is 16.2. The molecule has 1 unspecified atom stereocenters. The Morgan fingerprint density at radius 3 is 2.24 bits per heavy atom. The molecule has 2 amide bonds. The van der Waals surface area contributed by atoms with Crippen LogP contribution < -0.4 is 5.32 Å². The van der Waals surface area contributed by atoms with Gasteiger partial charge >= 0.3 is 0 Å². The SMILES string of the molecule is CCC1(CC)C(=O)NC(C2CC2)C(=O)N1CC1CCCC1.